The number of benzene rings is 1. The zero-order chi connectivity index (χ0) is 18.0. The molecule has 1 aliphatic rings. The third-order valence-electron chi connectivity index (χ3n) is 4.17. The summed E-state index contributed by atoms with van der Waals surface area (Å²) in [6.45, 7) is 3.11. The fraction of sp³-hybridized carbons (Fsp3) is 0.333. The number of hydrogen-bond donors (Lipinski definition) is 2. The van der Waals surface area contributed by atoms with Gasteiger partial charge in [0.25, 0.3) is 5.56 Å². The Bertz CT molecular complexity index is 884. The maximum absolute atomic E-state index is 12.5. The highest BCUT2D eigenvalue weighted by Crippen LogP contribution is 2.17. The van der Waals surface area contributed by atoms with Crippen LogP contribution in [0.2, 0.25) is 0 Å². The van der Waals surface area contributed by atoms with Crippen molar-refractivity contribution in [1.29, 1.82) is 0 Å². The van der Waals surface area contributed by atoms with Crippen molar-refractivity contribution in [3.63, 3.8) is 0 Å². The number of anilines is 2. The van der Waals surface area contributed by atoms with Crippen LogP contribution in [0.5, 0.6) is 0 Å². The molecule has 0 spiro atoms. The van der Waals surface area contributed by atoms with Crippen LogP contribution in [0.1, 0.15) is 30.4 Å². The largest absolute Gasteiger partial charge is 0.326 e. The van der Waals surface area contributed by atoms with Gasteiger partial charge in [-0.05, 0) is 50.5 Å². The minimum Gasteiger partial charge on any atom is -0.326 e. The van der Waals surface area contributed by atoms with Gasteiger partial charge in [-0.25, -0.2) is 4.98 Å². The average Bonchev–Trinajstić information content (AvgIpc) is 3.01. The van der Waals surface area contributed by atoms with Crippen molar-refractivity contribution in [2.45, 2.75) is 39.7 Å². The van der Waals surface area contributed by atoms with Crippen LogP contribution >= 0.6 is 0 Å². The predicted octanol–water partition coefficient (Wildman–Crippen LogP) is 1.64. The molecule has 130 valence electrons. The van der Waals surface area contributed by atoms with Crippen LogP contribution in [0, 0.1) is 6.92 Å². The van der Waals surface area contributed by atoms with Crippen molar-refractivity contribution in [2.24, 2.45) is 0 Å². The van der Waals surface area contributed by atoms with Gasteiger partial charge in [0.2, 0.25) is 11.8 Å². The summed E-state index contributed by atoms with van der Waals surface area (Å²) < 4.78 is 1.42. The van der Waals surface area contributed by atoms with Crippen molar-refractivity contribution in [1.82, 2.24) is 9.55 Å². The molecule has 0 aliphatic heterocycles. The number of nitrogens with one attached hydrogen (secondary N) is 2. The summed E-state index contributed by atoms with van der Waals surface area (Å²) in [6.07, 6.45) is 2.50. The molecule has 0 fully saturated rings. The molecule has 1 aliphatic carbocycles. The second-order valence-electron chi connectivity index (χ2n) is 6.14. The monoisotopic (exact) mass is 340 g/mol. The summed E-state index contributed by atoms with van der Waals surface area (Å²) in [7, 11) is 0. The van der Waals surface area contributed by atoms with Crippen molar-refractivity contribution in [3.8, 4) is 0 Å². The van der Waals surface area contributed by atoms with Crippen LogP contribution < -0.4 is 16.2 Å². The number of aromatic nitrogens is 2. The summed E-state index contributed by atoms with van der Waals surface area (Å²) in [5, 5.41) is 5.41. The number of aryl methyl sites for hydroxylation is 2. The van der Waals surface area contributed by atoms with Crippen molar-refractivity contribution in [3.05, 3.63) is 51.7 Å². The van der Waals surface area contributed by atoms with Gasteiger partial charge in [0.05, 0.1) is 5.69 Å². The lowest BCUT2D eigenvalue weighted by Crippen LogP contribution is -2.32. The third kappa shape index (κ3) is 3.76. The molecule has 2 N–H and O–H groups in total. The quantitative estimate of drug-likeness (QED) is 0.885. The highest BCUT2D eigenvalue weighted by Gasteiger charge is 2.20. The fourth-order valence-electron chi connectivity index (χ4n) is 3.02. The number of fused-ring (bicyclic) bond motifs is 1. The zero-order valence-corrected chi connectivity index (χ0v) is 14.3. The van der Waals surface area contributed by atoms with E-state index in [1.165, 1.54) is 11.5 Å². The van der Waals surface area contributed by atoms with Crippen LogP contribution in [0.3, 0.4) is 0 Å². The fourth-order valence-corrected chi connectivity index (χ4v) is 3.02. The summed E-state index contributed by atoms with van der Waals surface area (Å²) in [5.74, 6) is 0.106. The van der Waals surface area contributed by atoms with Gasteiger partial charge in [0.15, 0.2) is 0 Å². The van der Waals surface area contributed by atoms with Crippen LogP contribution in [0.15, 0.2) is 29.1 Å². The molecule has 1 aromatic carbocycles. The predicted molar refractivity (Wildman–Crippen MR) is 94.6 cm³/mol. The molecule has 0 saturated heterocycles. The zero-order valence-electron chi connectivity index (χ0n) is 14.3. The SMILES string of the molecule is CC(=O)Nc1ccc(NC(=O)Cn2c(C)nc3c(c2=O)CCC3)cc1. The van der Waals surface area contributed by atoms with Crippen molar-refractivity contribution in [2.75, 3.05) is 10.6 Å². The van der Waals surface area contributed by atoms with E-state index in [1.54, 1.807) is 31.2 Å². The molecular weight excluding hydrogens is 320 g/mol. The summed E-state index contributed by atoms with van der Waals surface area (Å²) in [6, 6.07) is 6.79. The van der Waals surface area contributed by atoms with E-state index in [1.807, 2.05) is 0 Å². The first-order valence-electron chi connectivity index (χ1n) is 8.21. The Labute approximate surface area is 145 Å². The molecule has 2 amide bonds. The van der Waals surface area contributed by atoms with Gasteiger partial charge in [-0.3, -0.25) is 19.0 Å². The highest BCUT2D eigenvalue weighted by atomic mass is 16.2. The van der Waals surface area contributed by atoms with E-state index in [-0.39, 0.29) is 23.9 Å². The molecule has 0 unspecified atom stereocenters. The molecule has 7 nitrogen and oxygen atoms in total. The lowest BCUT2D eigenvalue weighted by molar-refractivity contribution is -0.117. The Morgan fingerprint density at radius 1 is 1.12 bits per heavy atom. The Morgan fingerprint density at radius 2 is 1.76 bits per heavy atom. The van der Waals surface area contributed by atoms with Gasteiger partial charge in [-0.2, -0.15) is 0 Å². The summed E-state index contributed by atoms with van der Waals surface area (Å²) in [4.78, 5) is 40.3. The molecule has 1 heterocycles. The van der Waals surface area contributed by atoms with Gasteiger partial charge < -0.3 is 10.6 Å². The first kappa shape index (κ1) is 16.9. The van der Waals surface area contributed by atoms with E-state index in [0.717, 1.165) is 30.5 Å². The van der Waals surface area contributed by atoms with E-state index in [9.17, 15) is 14.4 Å². The molecule has 0 atom stereocenters. The average molecular weight is 340 g/mol. The van der Waals surface area contributed by atoms with E-state index in [4.69, 9.17) is 0 Å². The third-order valence-corrected chi connectivity index (χ3v) is 4.17. The second kappa shape index (κ2) is 6.88. The minimum atomic E-state index is -0.294. The van der Waals surface area contributed by atoms with Gasteiger partial charge >= 0.3 is 0 Å². The summed E-state index contributed by atoms with van der Waals surface area (Å²) >= 11 is 0. The Morgan fingerprint density at radius 3 is 2.40 bits per heavy atom. The molecular formula is C18H20N4O3. The van der Waals surface area contributed by atoms with E-state index in [2.05, 4.69) is 15.6 Å². The van der Waals surface area contributed by atoms with E-state index in [0.29, 0.717) is 17.2 Å². The van der Waals surface area contributed by atoms with E-state index >= 15 is 0 Å². The maximum atomic E-state index is 12.5. The molecule has 25 heavy (non-hydrogen) atoms. The van der Waals surface area contributed by atoms with Gasteiger partial charge in [0.1, 0.15) is 12.4 Å². The Kier molecular flexibility index (Phi) is 4.65. The highest BCUT2D eigenvalue weighted by molar-refractivity contribution is 5.92. The summed E-state index contributed by atoms with van der Waals surface area (Å²) in [5.41, 5.74) is 2.74. The Balaban J connectivity index is 1.71. The number of amides is 2. The van der Waals surface area contributed by atoms with Crippen molar-refractivity contribution >= 4 is 23.2 Å². The molecule has 0 radical (unpaired) electrons. The number of rotatable bonds is 4. The lowest BCUT2D eigenvalue weighted by Gasteiger charge is -2.12. The maximum Gasteiger partial charge on any atom is 0.257 e. The first-order valence-corrected chi connectivity index (χ1v) is 8.21. The molecule has 1 aromatic heterocycles. The lowest BCUT2D eigenvalue weighted by atomic mass is 10.2. The minimum absolute atomic E-state index is 0.0710. The number of carbonyl (C=O) groups excluding carboxylic acids is 2. The molecule has 3 rings (SSSR count). The Hall–Kier alpha value is -2.96. The molecule has 2 aromatic rings. The molecule has 0 bridgehead atoms. The molecule has 7 heteroatoms. The number of hydrogen-bond acceptors (Lipinski definition) is 4. The van der Waals surface area contributed by atoms with Gasteiger partial charge in [-0.15, -0.1) is 0 Å². The topological polar surface area (TPSA) is 93.1 Å². The number of carbonyl (C=O) groups is 2. The van der Waals surface area contributed by atoms with E-state index < -0.39 is 0 Å². The number of nitrogens with zero attached hydrogens (tertiary/aromatic N) is 2. The molecule has 0 saturated carbocycles. The van der Waals surface area contributed by atoms with Crippen LogP contribution in [0.25, 0.3) is 0 Å². The van der Waals surface area contributed by atoms with Gasteiger partial charge in [0, 0.05) is 23.9 Å². The standard InChI is InChI=1S/C18H20N4O3/c1-11-19-16-5-3-4-15(16)18(25)22(11)10-17(24)21-14-8-6-13(7-9-14)20-12(2)23/h6-9H,3-5,10H2,1-2H3,(H,20,23)(H,21,24). The normalized spacial score (nSPS) is 12.6. The smallest absolute Gasteiger partial charge is 0.257 e. The van der Waals surface area contributed by atoms with Crippen LogP contribution in [-0.4, -0.2) is 21.4 Å². The van der Waals surface area contributed by atoms with Crippen molar-refractivity contribution < 1.29 is 9.59 Å². The van der Waals surface area contributed by atoms with Gasteiger partial charge in [-0.1, -0.05) is 0 Å². The van der Waals surface area contributed by atoms with Crippen LogP contribution in [0.4, 0.5) is 11.4 Å². The first-order chi connectivity index (χ1) is 11.9. The second-order valence-corrected chi connectivity index (χ2v) is 6.14. The van der Waals surface area contributed by atoms with Crippen LogP contribution in [-0.2, 0) is 29.0 Å².